The molecule has 9 heteroatoms. The lowest BCUT2D eigenvalue weighted by Crippen LogP contribution is -2.48. The Kier molecular flexibility index (Phi) is 6.76. The fourth-order valence-corrected chi connectivity index (χ4v) is 3.58. The first kappa shape index (κ1) is 18.9. The Morgan fingerprint density at radius 2 is 2.05 bits per heavy atom. The lowest BCUT2D eigenvalue weighted by molar-refractivity contribution is 0.00450. The van der Waals surface area contributed by atoms with Crippen molar-refractivity contribution in [2.24, 2.45) is 5.73 Å². The van der Waals surface area contributed by atoms with Crippen molar-refractivity contribution in [2.75, 3.05) is 33.3 Å². The molecule has 0 spiro atoms. The third-order valence-electron chi connectivity index (χ3n) is 3.35. The summed E-state index contributed by atoms with van der Waals surface area (Å²) >= 11 is 0. The largest absolute Gasteiger partial charge is 0.374 e. The van der Waals surface area contributed by atoms with Gasteiger partial charge in [0.05, 0.1) is 17.6 Å². The van der Waals surface area contributed by atoms with E-state index < -0.39 is 10.0 Å². The number of ether oxygens (including phenoxy) is 1. The molecule has 1 amide bonds. The molecule has 7 nitrogen and oxygen atoms in total. The van der Waals surface area contributed by atoms with Gasteiger partial charge < -0.3 is 15.8 Å². The van der Waals surface area contributed by atoms with Crippen molar-refractivity contribution < 1.29 is 17.9 Å². The quantitative estimate of drug-likeness (QED) is 0.785. The molecule has 3 N–H and O–H groups in total. The second-order valence-electron chi connectivity index (χ2n) is 4.70. The van der Waals surface area contributed by atoms with Crippen molar-refractivity contribution in [3.63, 3.8) is 0 Å². The summed E-state index contributed by atoms with van der Waals surface area (Å²) in [6.45, 7) is 1.16. The van der Waals surface area contributed by atoms with Crippen LogP contribution in [0.3, 0.4) is 0 Å². The van der Waals surface area contributed by atoms with Crippen LogP contribution < -0.4 is 11.1 Å². The average molecular weight is 350 g/mol. The summed E-state index contributed by atoms with van der Waals surface area (Å²) in [6, 6.07) is 5.86. The lowest BCUT2D eigenvalue weighted by Gasteiger charge is -2.31. The summed E-state index contributed by atoms with van der Waals surface area (Å²) < 4.78 is 31.8. The van der Waals surface area contributed by atoms with Crippen LogP contribution in [0.4, 0.5) is 0 Å². The van der Waals surface area contributed by atoms with Gasteiger partial charge in [-0.1, -0.05) is 0 Å². The van der Waals surface area contributed by atoms with Crippen molar-refractivity contribution in [3.05, 3.63) is 29.8 Å². The first-order valence-electron chi connectivity index (χ1n) is 6.63. The highest BCUT2D eigenvalue weighted by molar-refractivity contribution is 7.89. The molecule has 124 valence electrons. The van der Waals surface area contributed by atoms with E-state index in [1.165, 1.54) is 35.6 Å². The number of halogens is 1. The van der Waals surface area contributed by atoms with Gasteiger partial charge in [0.15, 0.2) is 0 Å². The van der Waals surface area contributed by atoms with E-state index in [4.69, 9.17) is 10.5 Å². The molecule has 1 aliphatic rings. The monoisotopic (exact) mass is 349 g/mol. The molecule has 0 bridgehead atoms. The number of amides is 1. The fraction of sp³-hybridized carbons (Fsp3) is 0.462. The molecule has 2 rings (SSSR count). The van der Waals surface area contributed by atoms with E-state index in [0.717, 1.165) is 0 Å². The maximum absolute atomic E-state index is 12.5. The molecular formula is C13H20ClN3O4S. The van der Waals surface area contributed by atoms with Crippen molar-refractivity contribution >= 4 is 28.3 Å². The zero-order valence-corrected chi connectivity index (χ0v) is 13.8. The summed E-state index contributed by atoms with van der Waals surface area (Å²) in [6.07, 6.45) is -0.279. The topological polar surface area (TPSA) is 102 Å². The van der Waals surface area contributed by atoms with E-state index in [1.54, 1.807) is 0 Å². The fourth-order valence-electron chi connectivity index (χ4n) is 2.12. The molecule has 22 heavy (non-hydrogen) atoms. The van der Waals surface area contributed by atoms with Crippen molar-refractivity contribution in [1.82, 2.24) is 9.62 Å². The maximum atomic E-state index is 12.5. The Morgan fingerprint density at radius 3 is 2.59 bits per heavy atom. The van der Waals surface area contributed by atoms with E-state index in [2.05, 4.69) is 5.32 Å². The summed E-state index contributed by atoms with van der Waals surface area (Å²) in [7, 11) is -2.07. The first-order chi connectivity index (χ1) is 9.98. The van der Waals surface area contributed by atoms with Gasteiger partial charge in [0.2, 0.25) is 10.0 Å². The number of morpholine rings is 1. The third kappa shape index (κ3) is 3.96. The zero-order chi connectivity index (χ0) is 15.5. The third-order valence-corrected chi connectivity index (χ3v) is 5.23. The van der Waals surface area contributed by atoms with E-state index in [9.17, 15) is 13.2 Å². The molecule has 0 radical (unpaired) electrons. The Morgan fingerprint density at radius 1 is 1.41 bits per heavy atom. The molecule has 1 fully saturated rings. The lowest BCUT2D eigenvalue weighted by atomic mass is 10.2. The number of nitrogens with zero attached hydrogens (tertiary/aromatic N) is 1. The molecule has 1 aromatic carbocycles. The molecule has 1 heterocycles. The van der Waals surface area contributed by atoms with Gasteiger partial charge in [0.1, 0.15) is 0 Å². The number of carbonyl (C=O) groups is 1. The first-order valence-corrected chi connectivity index (χ1v) is 8.07. The SMILES string of the molecule is CNC(=O)c1ccc(S(=O)(=O)N2CCOC(CN)C2)cc1.Cl. The average Bonchev–Trinajstić information content (AvgIpc) is 2.54. The van der Waals surface area contributed by atoms with Crippen LogP contribution in [0.5, 0.6) is 0 Å². The van der Waals surface area contributed by atoms with Crippen LogP contribution in [-0.4, -0.2) is 58.0 Å². The van der Waals surface area contributed by atoms with Crippen molar-refractivity contribution in [1.29, 1.82) is 0 Å². The summed E-state index contributed by atoms with van der Waals surface area (Å²) in [4.78, 5) is 11.6. The molecule has 0 aliphatic carbocycles. The Labute approximate surface area is 136 Å². The standard InChI is InChI=1S/C13H19N3O4S.ClH/c1-15-13(17)10-2-4-12(5-3-10)21(18,19)16-6-7-20-11(8-14)9-16;/h2-5,11H,6-9,14H2,1H3,(H,15,17);1H. The maximum Gasteiger partial charge on any atom is 0.251 e. The minimum absolute atomic E-state index is 0. The van der Waals surface area contributed by atoms with E-state index in [0.29, 0.717) is 18.7 Å². The second kappa shape index (κ2) is 7.89. The van der Waals surface area contributed by atoms with Gasteiger partial charge >= 0.3 is 0 Å². The van der Waals surface area contributed by atoms with Crippen LogP contribution in [0.1, 0.15) is 10.4 Å². The minimum Gasteiger partial charge on any atom is -0.374 e. The van der Waals surface area contributed by atoms with Crippen LogP contribution >= 0.6 is 12.4 Å². The van der Waals surface area contributed by atoms with Gasteiger partial charge in [-0.25, -0.2) is 8.42 Å². The van der Waals surface area contributed by atoms with Crippen LogP contribution in [0.2, 0.25) is 0 Å². The van der Waals surface area contributed by atoms with Gasteiger partial charge in [-0.05, 0) is 24.3 Å². The Balaban J connectivity index is 0.00000242. The summed E-state index contributed by atoms with van der Waals surface area (Å²) in [5, 5.41) is 2.49. The highest BCUT2D eigenvalue weighted by Crippen LogP contribution is 2.19. The number of benzene rings is 1. The van der Waals surface area contributed by atoms with Gasteiger partial charge in [0, 0.05) is 32.2 Å². The van der Waals surface area contributed by atoms with E-state index in [-0.39, 0.29) is 42.4 Å². The molecule has 0 aromatic heterocycles. The van der Waals surface area contributed by atoms with Crippen LogP contribution in [0, 0.1) is 0 Å². The van der Waals surface area contributed by atoms with Crippen LogP contribution in [0.25, 0.3) is 0 Å². The molecular weight excluding hydrogens is 330 g/mol. The number of nitrogens with one attached hydrogen (secondary N) is 1. The van der Waals surface area contributed by atoms with Crippen molar-refractivity contribution in [3.8, 4) is 0 Å². The zero-order valence-electron chi connectivity index (χ0n) is 12.2. The van der Waals surface area contributed by atoms with E-state index >= 15 is 0 Å². The Bertz CT molecular complexity index is 606. The van der Waals surface area contributed by atoms with Crippen molar-refractivity contribution in [2.45, 2.75) is 11.0 Å². The molecule has 1 unspecified atom stereocenters. The predicted octanol–water partition coefficient (Wildman–Crippen LogP) is -0.184. The van der Waals surface area contributed by atoms with Gasteiger partial charge in [-0.15, -0.1) is 12.4 Å². The number of carbonyl (C=O) groups excluding carboxylic acids is 1. The number of hydrogen-bond donors (Lipinski definition) is 2. The van der Waals surface area contributed by atoms with Crippen LogP contribution in [-0.2, 0) is 14.8 Å². The highest BCUT2D eigenvalue weighted by atomic mass is 35.5. The van der Waals surface area contributed by atoms with Gasteiger partial charge in [0.25, 0.3) is 5.91 Å². The summed E-state index contributed by atoms with van der Waals surface area (Å²) in [5.41, 5.74) is 5.94. The van der Waals surface area contributed by atoms with E-state index in [1.807, 2.05) is 0 Å². The highest BCUT2D eigenvalue weighted by Gasteiger charge is 2.30. The van der Waals surface area contributed by atoms with Crippen LogP contribution in [0.15, 0.2) is 29.2 Å². The van der Waals surface area contributed by atoms with Gasteiger partial charge in [-0.2, -0.15) is 4.31 Å². The Hall–Kier alpha value is -1.19. The predicted molar refractivity (Wildman–Crippen MR) is 84.6 cm³/mol. The molecule has 1 aliphatic heterocycles. The summed E-state index contributed by atoms with van der Waals surface area (Å²) in [5.74, 6) is -0.256. The molecule has 0 saturated carbocycles. The smallest absolute Gasteiger partial charge is 0.251 e. The van der Waals surface area contributed by atoms with Gasteiger partial charge in [-0.3, -0.25) is 4.79 Å². The number of rotatable bonds is 4. The normalized spacial score (nSPS) is 19.3. The second-order valence-corrected chi connectivity index (χ2v) is 6.63. The molecule has 1 aromatic rings. The number of hydrogen-bond acceptors (Lipinski definition) is 5. The molecule has 1 saturated heterocycles. The number of nitrogens with two attached hydrogens (primary N) is 1. The number of sulfonamides is 1. The minimum atomic E-state index is -3.59. The molecule has 1 atom stereocenters.